The number of benzene rings is 4. The second kappa shape index (κ2) is 12.8. The normalized spacial score (nSPS) is 25.5. The molecule has 2 saturated carbocycles. The van der Waals surface area contributed by atoms with Crippen molar-refractivity contribution < 1.29 is 28.7 Å². The minimum atomic E-state index is -0.496. The summed E-state index contributed by atoms with van der Waals surface area (Å²) in [5.74, 6) is -2.12. The quantitative estimate of drug-likeness (QED) is 0.137. The Bertz CT molecular complexity index is 2340. The molecule has 1 saturated heterocycles. The highest BCUT2D eigenvalue weighted by Crippen LogP contribution is 2.69. The van der Waals surface area contributed by atoms with Crippen LogP contribution in [-0.2, 0) is 19.1 Å². The van der Waals surface area contributed by atoms with Gasteiger partial charge in [0, 0.05) is 27.3 Å². The number of nitrogens with zero attached hydrogens (tertiary/aromatic N) is 1. The number of imide groups is 1. The number of para-hydroxylation sites is 1. The first-order valence-electron chi connectivity index (χ1n) is 17.4. The van der Waals surface area contributed by atoms with Crippen LogP contribution in [0.25, 0.3) is 10.8 Å². The standard InChI is InChI=1S/C40H33N3O7S2/c1-2-49-39(47)21-12-15-24(16-13-21)43-37(45)32-26-18-27(33(32)38(43)46)34-31(26)30(35-36(51-34)42-40(48)52-35)25-9-5-6-10-28(25)50-19-29(44)41-23-14-11-20-7-3-4-8-22(20)17-23/h3-17,26-27,30-34H,2,18-19H2,1H3,(H,41,44)(H,42,48)/t26?,27?,30-,31?,32?,33?,34?/m1/s1. The van der Waals surface area contributed by atoms with Gasteiger partial charge in [0.05, 0.1) is 34.7 Å². The molecule has 2 bridgehead atoms. The SMILES string of the molecule is CCOC(=O)c1ccc(N2C(=O)C3C4CC(C3C2=O)C2C4Sc3[nH]c(=O)sc3[C@@H]2c2ccccc2OCC(=O)Nc2ccc3ccccc3c2)cc1. The van der Waals surface area contributed by atoms with Crippen molar-refractivity contribution in [2.45, 2.75) is 29.5 Å². The van der Waals surface area contributed by atoms with Crippen molar-refractivity contribution in [1.29, 1.82) is 0 Å². The van der Waals surface area contributed by atoms with E-state index in [1.54, 1.807) is 43.0 Å². The van der Waals surface area contributed by atoms with Gasteiger partial charge in [-0.05, 0) is 84.3 Å². The number of ether oxygens (including phenoxy) is 2. The van der Waals surface area contributed by atoms with E-state index in [0.717, 1.165) is 32.7 Å². The molecule has 10 nitrogen and oxygen atoms in total. The van der Waals surface area contributed by atoms with Crippen LogP contribution in [0.3, 0.4) is 0 Å². The predicted molar refractivity (Wildman–Crippen MR) is 198 cm³/mol. The lowest BCUT2D eigenvalue weighted by Gasteiger charge is -2.43. The zero-order valence-corrected chi connectivity index (χ0v) is 29.6. The number of carbonyl (C=O) groups excluding carboxylic acids is 4. The first-order valence-corrected chi connectivity index (χ1v) is 19.1. The number of aromatic nitrogens is 1. The number of amides is 3. The van der Waals surface area contributed by atoms with Gasteiger partial charge < -0.3 is 19.8 Å². The second-order valence-corrected chi connectivity index (χ2v) is 15.9. The van der Waals surface area contributed by atoms with Gasteiger partial charge in [-0.25, -0.2) is 4.79 Å². The first kappa shape index (κ1) is 32.7. The third kappa shape index (κ3) is 5.26. The molecule has 52 heavy (non-hydrogen) atoms. The molecule has 7 atom stereocenters. The zero-order valence-electron chi connectivity index (χ0n) is 27.9. The van der Waals surface area contributed by atoms with Crippen molar-refractivity contribution in [1.82, 2.24) is 4.98 Å². The summed E-state index contributed by atoms with van der Waals surface area (Å²) in [6.07, 6.45) is 0.734. The Kier molecular flexibility index (Phi) is 8.04. The molecule has 0 radical (unpaired) electrons. The maximum absolute atomic E-state index is 14.2. The van der Waals surface area contributed by atoms with Crippen molar-refractivity contribution in [2.75, 3.05) is 23.4 Å². The number of hydrogen-bond acceptors (Lipinski definition) is 9. The molecular formula is C40H33N3O7S2. The van der Waals surface area contributed by atoms with Crippen molar-refractivity contribution in [3.05, 3.63) is 117 Å². The lowest BCUT2D eigenvalue weighted by atomic mass is 9.68. The number of fused-ring (bicyclic) bond motifs is 10. The predicted octanol–water partition coefficient (Wildman–Crippen LogP) is 6.46. The van der Waals surface area contributed by atoms with Crippen molar-refractivity contribution in [3.8, 4) is 5.75 Å². The molecule has 262 valence electrons. The van der Waals surface area contributed by atoms with Crippen molar-refractivity contribution in [2.24, 2.45) is 29.6 Å². The number of nitrogens with one attached hydrogen (secondary N) is 2. The molecule has 2 aliphatic carbocycles. The van der Waals surface area contributed by atoms with E-state index in [-0.39, 0.29) is 64.7 Å². The van der Waals surface area contributed by atoms with Gasteiger partial charge in [-0.3, -0.25) is 24.1 Å². The number of thiazole rings is 1. The fourth-order valence-electron chi connectivity index (χ4n) is 9.06. The average molecular weight is 732 g/mol. The highest BCUT2D eigenvalue weighted by molar-refractivity contribution is 8.00. The van der Waals surface area contributed by atoms with Crippen LogP contribution >= 0.6 is 23.1 Å². The number of rotatable bonds is 8. The highest BCUT2D eigenvalue weighted by atomic mass is 32.2. The summed E-state index contributed by atoms with van der Waals surface area (Å²) in [6.45, 7) is 1.76. The summed E-state index contributed by atoms with van der Waals surface area (Å²) < 4.78 is 11.3. The minimum absolute atomic E-state index is 0.0128. The van der Waals surface area contributed by atoms with Crippen molar-refractivity contribution >= 4 is 68.9 Å². The monoisotopic (exact) mass is 731 g/mol. The lowest BCUT2D eigenvalue weighted by molar-refractivity contribution is -0.123. The Morgan fingerprint density at radius 3 is 2.40 bits per heavy atom. The molecule has 0 spiro atoms. The second-order valence-electron chi connectivity index (χ2n) is 13.7. The lowest BCUT2D eigenvalue weighted by Crippen LogP contribution is -2.42. The maximum Gasteiger partial charge on any atom is 0.338 e. The molecule has 5 aromatic rings. The smallest absolute Gasteiger partial charge is 0.338 e. The highest BCUT2D eigenvalue weighted by Gasteiger charge is 2.69. The molecule has 6 unspecified atom stereocenters. The Morgan fingerprint density at radius 1 is 0.885 bits per heavy atom. The maximum atomic E-state index is 14.2. The molecule has 4 aliphatic rings. The molecular weight excluding hydrogens is 699 g/mol. The summed E-state index contributed by atoms with van der Waals surface area (Å²) >= 11 is 2.78. The van der Waals surface area contributed by atoms with Crippen LogP contribution in [0.15, 0.2) is 101 Å². The van der Waals surface area contributed by atoms with Gasteiger partial charge in [0.2, 0.25) is 11.8 Å². The number of anilines is 2. The number of aromatic amines is 1. The van der Waals surface area contributed by atoms with Gasteiger partial charge in [-0.15, -0.1) is 11.8 Å². The third-order valence-corrected chi connectivity index (χ3v) is 13.6. The molecule has 9 rings (SSSR count). The van der Waals surface area contributed by atoms with Crippen LogP contribution < -0.4 is 19.8 Å². The number of esters is 1. The molecule has 1 aromatic heterocycles. The number of carbonyl (C=O) groups is 4. The minimum Gasteiger partial charge on any atom is -0.483 e. The van der Waals surface area contributed by atoms with Gasteiger partial charge in [-0.1, -0.05) is 59.9 Å². The molecule has 3 heterocycles. The molecule has 2 aliphatic heterocycles. The average Bonchev–Trinajstić information content (AvgIpc) is 3.89. The largest absolute Gasteiger partial charge is 0.483 e. The summed E-state index contributed by atoms with van der Waals surface area (Å²) in [5, 5.41) is 5.81. The Hall–Kier alpha value is -5.20. The summed E-state index contributed by atoms with van der Waals surface area (Å²) in [4.78, 5) is 71.5. The number of thioether (sulfide) groups is 1. The van der Waals surface area contributed by atoms with E-state index < -0.39 is 17.8 Å². The van der Waals surface area contributed by atoms with Crippen LogP contribution in [0.4, 0.5) is 11.4 Å². The van der Waals surface area contributed by atoms with Gasteiger partial charge in [-0.2, -0.15) is 0 Å². The van der Waals surface area contributed by atoms with Crippen molar-refractivity contribution in [3.63, 3.8) is 0 Å². The Morgan fingerprint density at radius 2 is 1.62 bits per heavy atom. The van der Waals surface area contributed by atoms with Gasteiger partial charge in [0.25, 0.3) is 5.91 Å². The number of hydrogen-bond donors (Lipinski definition) is 2. The fraction of sp³-hybridized carbons (Fsp3) is 0.275. The third-order valence-electron chi connectivity index (χ3n) is 11.0. The fourth-order valence-corrected chi connectivity index (χ4v) is 11.9. The van der Waals surface area contributed by atoms with E-state index in [0.29, 0.717) is 22.7 Å². The van der Waals surface area contributed by atoms with E-state index in [2.05, 4.69) is 10.3 Å². The van der Waals surface area contributed by atoms with Gasteiger partial charge in [0.1, 0.15) is 5.75 Å². The van der Waals surface area contributed by atoms with Crippen LogP contribution in [0, 0.1) is 29.6 Å². The van der Waals surface area contributed by atoms with Crippen LogP contribution in [0.1, 0.15) is 40.1 Å². The molecule has 4 aromatic carbocycles. The van der Waals surface area contributed by atoms with Gasteiger partial charge in [0.15, 0.2) is 6.61 Å². The van der Waals surface area contributed by atoms with E-state index >= 15 is 0 Å². The summed E-state index contributed by atoms with van der Waals surface area (Å²) in [6, 6.07) is 27.7. The molecule has 3 amide bonds. The van der Waals surface area contributed by atoms with Crippen LogP contribution in [0.2, 0.25) is 0 Å². The Balaban J connectivity index is 0.999. The zero-order chi connectivity index (χ0) is 35.7. The molecule has 3 fully saturated rings. The topological polar surface area (TPSA) is 135 Å². The summed E-state index contributed by atoms with van der Waals surface area (Å²) in [7, 11) is 0. The van der Waals surface area contributed by atoms with Gasteiger partial charge >= 0.3 is 10.8 Å². The first-order chi connectivity index (χ1) is 25.3. The van der Waals surface area contributed by atoms with Crippen LogP contribution in [0.5, 0.6) is 5.75 Å². The van der Waals surface area contributed by atoms with E-state index in [4.69, 9.17) is 9.47 Å². The molecule has 2 N–H and O–H groups in total. The van der Waals surface area contributed by atoms with E-state index in [9.17, 15) is 24.0 Å². The summed E-state index contributed by atoms with van der Waals surface area (Å²) in [5.41, 5.74) is 2.31. The number of H-pyrrole nitrogens is 1. The van der Waals surface area contributed by atoms with E-state index in [1.807, 2.05) is 66.7 Å². The Labute approximate surface area is 306 Å². The van der Waals surface area contributed by atoms with E-state index in [1.165, 1.54) is 16.2 Å². The molecule has 12 heteroatoms. The van der Waals surface area contributed by atoms with Crippen LogP contribution in [-0.4, -0.2) is 47.1 Å².